The molecule has 0 saturated carbocycles. The molecule has 0 rings (SSSR count). The van der Waals surface area contributed by atoms with E-state index in [0.717, 1.165) is 4.90 Å². The van der Waals surface area contributed by atoms with E-state index in [9.17, 15) is 14.4 Å². The van der Waals surface area contributed by atoms with Crippen LogP contribution >= 0.6 is 0 Å². The Labute approximate surface area is 107 Å². The highest BCUT2D eigenvalue weighted by molar-refractivity contribution is 5.88. The fourth-order valence-corrected chi connectivity index (χ4v) is 1.48. The second kappa shape index (κ2) is 6.83. The third-order valence-corrected chi connectivity index (χ3v) is 2.63. The van der Waals surface area contributed by atoms with Crippen LogP contribution in [0.3, 0.4) is 0 Å². The summed E-state index contributed by atoms with van der Waals surface area (Å²) in [5.74, 6) is -0.700. The lowest BCUT2D eigenvalue weighted by Gasteiger charge is -2.28. The van der Waals surface area contributed by atoms with Gasteiger partial charge in [-0.05, 0) is 12.3 Å². The number of carbonyl (C=O) groups excluding carboxylic acids is 3. The van der Waals surface area contributed by atoms with Crippen molar-refractivity contribution in [3.63, 3.8) is 0 Å². The molecule has 0 spiro atoms. The smallest absolute Gasteiger partial charge is 0.314 e. The van der Waals surface area contributed by atoms with Crippen molar-refractivity contribution in [2.45, 2.75) is 26.3 Å². The summed E-state index contributed by atoms with van der Waals surface area (Å²) in [5, 5.41) is 0. The second-order valence-electron chi connectivity index (χ2n) is 4.75. The summed E-state index contributed by atoms with van der Waals surface area (Å²) < 4.78 is 0. The monoisotopic (exact) mass is 258 g/mol. The van der Waals surface area contributed by atoms with Crippen LogP contribution in [0, 0.1) is 5.92 Å². The van der Waals surface area contributed by atoms with Crippen LogP contribution in [0.5, 0.6) is 0 Å². The molecule has 1 atom stereocenters. The van der Waals surface area contributed by atoms with Crippen molar-refractivity contribution in [1.82, 2.24) is 9.80 Å². The number of hydrogen-bond acceptors (Lipinski definition) is 3. The van der Waals surface area contributed by atoms with Crippen LogP contribution in [0.15, 0.2) is 0 Å². The highest BCUT2D eigenvalue weighted by Crippen LogP contribution is 2.10. The summed E-state index contributed by atoms with van der Waals surface area (Å²) in [6, 6.07) is -1.37. The maximum Gasteiger partial charge on any atom is 0.314 e. The molecule has 4 N–H and O–H groups in total. The van der Waals surface area contributed by atoms with Gasteiger partial charge in [0.2, 0.25) is 11.8 Å². The highest BCUT2D eigenvalue weighted by atomic mass is 16.2. The van der Waals surface area contributed by atoms with Crippen LogP contribution in [-0.2, 0) is 9.59 Å². The number of primary amides is 2. The molecule has 0 unspecified atom stereocenters. The minimum Gasteiger partial charge on any atom is -0.368 e. The van der Waals surface area contributed by atoms with Gasteiger partial charge in [-0.3, -0.25) is 9.59 Å². The summed E-state index contributed by atoms with van der Waals surface area (Å²) in [6.07, 6.45) is 0.484. The van der Waals surface area contributed by atoms with Gasteiger partial charge in [-0.15, -0.1) is 0 Å². The first kappa shape index (κ1) is 16.2. The van der Waals surface area contributed by atoms with Gasteiger partial charge in [0.15, 0.2) is 0 Å². The predicted octanol–water partition coefficient (Wildman–Crippen LogP) is -0.645. The Morgan fingerprint density at radius 3 is 1.94 bits per heavy atom. The van der Waals surface area contributed by atoms with Gasteiger partial charge in [-0.25, -0.2) is 4.79 Å². The molecule has 0 heterocycles. The van der Waals surface area contributed by atoms with Crippen molar-refractivity contribution < 1.29 is 14.4 Å². The van der Waals surface area contributed by atoms with E-state index in [-0.39, 0.29) is 18.4 Å². The lowest BCUT2D eigenvalue weighted by molar-refractivity contribution is -0.138. The Morgan fingerprint density at radius 1 is 1.11 bits per heavy atom. The number of rotatable bonds is 6. The molecule has 0 radical (unpaired) electrons. The molecular weight excluding hydrogens is 236 g/mol. The molecule has 0 aromatic heterocycles. The molecule has 0 bridgehead atoms. The summed E-state index contributed by atoms with van der Waals surface area (Å²) in [5.41, 5.74) is 10.3. The first-order valence-corrected chi connectivity index (χ1v) is 5.72. The van der Waals surface area contributed by atoms with Gasteiger partial charge >= 0.3 is 6.03 Å². The number of carbonyl (C=O) groups is 3. The third kappa shape index (κ3) is 5.03. The highest BCUT2D eigenvalue weighted by Gasteiger charge is 2.26. The van der Waals surface area contributed by atoms with Crippen molar-refractivity contribution in [1.29, 1.82) is 0 Å². The normalized spacial score (nSPS) is 12.1. The largest absolute Gasteiger partial charge is 0.368 e. The van der Waals surface area contributed by atoms with Crippen LogP contribution in [0.4, 0.5) is 4.79 Å². The molecule has 18 heavy (non-hydrogen) atoms. The number of likely N-dealkylation sites (N-methyl/N-ethyl adjacent to an activating group) is 2. The topological polar surface area (TPSA) is 110 Å². The SMILES string of the molecule is CC(C)C[C@@H](C(N)=O)N(C)C(=O)CN(C)C(N)=O. The minimum absolute atomic E-state index is 0.173. The average Bonchev–Trinajstić information content (AvgIpc) is 2.23. The molecule has 0 aromatic rings. The zero-order valence-corrected chi connectivity index (χ0v) is 11.3. The molecule has 0 aliphatic rings. The second-order valence-corrected chi connectivity index (χ2v) is 4.75. The van der Waals surface area contributed by atoms with Crippen molar-refractivity contribution >= 4 is 17.8 Å². The van der Waals surface area contributed by atoms with Gasteiger partial charge in [-0.2, -0.15) is 0 Å². The Hall–Kier alpha value is -1.79. The Kier molecular flexibility index (Phi) is 6.15. The van der Waals surface area contributed by atoms with Gasteiger partial charge in [0, 0.05) is 14.1 Å². The Morgan fingerprint density at radius 2 is 1.61 bits per heavy atom. The zero-order chi connectivity index (χ0) is 14.5. The number of nitrogens with zero attached hydrogens (tertiary/aromatic N) is 2. The molecule has 0 aliphatic heterocycles. The van der Waals surface area contributed by atoms with Gasteiger partial charge in [0.1, 0.15) is 12.6 Å². The maximum atomic E-state index is 11.9. The molecule has 7 nitrogen and oxygen atoms in total. The minimum atomic E-state index is -0.698. The Bertz CT molecular complexity index is 330. The van der Waals surface area contributed by atoms with Gasteiger partial charge < -0.3 is 21.3 Å². The van der Waals surface area contributed by atoms with Crippen molar-refractivity contribution in [3.05, 3.63) is 0 Å². The summed E-state index contributed by atoms with van der Waals surface area (Å²) in [6.45, 7) is 3.70. The lowest BCUT2D eigenvalue weighted by atomic mass is 10.0. The van der Waals surface area contributed by atoms with Crippen LogP contribution in [-0.4, -0.2) is 54.3 Å². The molecule has 104 valence electrons. The van der Waals surface area contributed by atoms with E-state index in [1.807, 2.05) is 13.8 Å². The van der Waals surface area contributed by atoms with Gasteiger partial charge in [-0.1, -0.05) is 13.8 Å². The molecule has 0 saturated heterocycles. The predicted molar refractivity (Wildman–Crippen MR) is 67.4 cm³/mol. The van der Waals surface area contributed by atoms with Crippen LogP contribution < -0.4 is 11.5 Å². The van der Waals surface area contributed by atoms with Crippen LogP contribution in [0.1, 0.15) is 20.3 Å². The molecule has 0 aliphatic carbocycles. The van der Waals surface area contributed by atoms with Crippen molar-refractivity contribution in [3.8, 4) is 0 Å². The molecule has 4 amide bonds. The van der Waals surface area contributed by atoms with Crippen molar-refractivity contribution in [2.24, 2.45) is 17.4 Å². The summed E-state index contributed by atoms with van der Waals surface area (Å²) in [7, 11) is 2.91. The van der Waals surface area contributed by atoms with Gasteiger partial charge in [0.05, 0.1) is 0 Å². The molecule has 0 fully saturated rings. The van der Waals surface area contributed by atoms with E-state index < -0.39 is 18.0 Å². The first-order chi connectivity index (χ1) is 8.16. The Balaban J connectivity index is 4.66. The van der Waals surface area contributed by atoms with Gasteiger partial charge in [0.25, 0.3) is 0 Å². The molecular formula is C11H22N4O3. The van der Waals surface area contributed by atoms with Crippen molar-refractivity contribution in [2.75, 3.05) is 20.6 Å². The summed E-state index contributed by atoms with van der Waals surface area (Å²) in [4.78, 5) is 36.3. The van der Waals surface area contributed by atoms with Crippen LogP contribution in [0.25, 0.3) is 0 Å². The van der Waals surface area contributed by atoms with E-state index in [2.05, 4.69) is 0 Å². The first-order valence-electron chi connectivity index (χ1n) is 5.72. The zero-order valence-electron chi connectivity index (χ0n) is 11.3. The number of urea groups is 1. The average molecular weight is 258 g/mol. The number of hydrogen-bond donors (Lipinski definition) is 2. The van der Waals surface area contributed by atoms with E-state index in [1.165, 1.54) is 19.0 Å². The fourth-order valence-electron chi connectivity index (χ4n) is 1.48. The van der Waals surface area contributed by atoms with E-state index in [1.54, 1.807) is 0 Å². The molecule has 7 heteroatoms. The number of nitrogens with two attached hydrogens (primary N) is 2. The van der Waals surface area contributed by atoms with E-state index in [4.69, 9.17) is 11.5 Å². The summed E-state index contributed by atoms with van der Waals surface area (Å²) >= 11 is 0. The molecule has 0 aromatic carbocycles. The maximum absolute atomic E-state index is 11.9. The fraction of sp³-hybridized carbons (Fsp3) is 0.727. The quantitative estimate of drug-likeness (QED) is 0.660. The van der Waals surface area contributed by atoms with E-state index >= 15 is 0 Å². The van der Waals surface area contributed by atoms with E-state index in [0.29, 0.717) is 6.42 Å². The third-order valence-electron chi connectivity index (χ3n) is 2.63. The standard InChI is InChI=1S/C11H22N4O3/c1-7(2)5-8(10(12)17)15(4)9(16)6-14(3)11(13)18/h7-8H,5-6H2,1-4H3,(H2,12,17)(H2,13,18)/t8-/m0/s1. The lowest BCUT2D eigenvalue weighted by Crippen LogP contribution is -2.50. The number of amides is 4. The van der Waals surface area contributed by atoms with Crippen LogP contribution in [0.2, 0.25) is 0 Å².